The summed E-state index contributed by atoms with van der Waals surface area (Å²) < 4.78 is 0.846. The minimum atomic E-state index is -0.888. The van der Waals surface area contributed by atoms with Gasteiger partial charge in [-0.25, -0.2) is 4.79 Å². The van der Waals surface area contributed by atoms with Crippen LogP contribution >= 0.6 is 15.9 Å². The zero-order chi connectivity index (χ0) is 15.6. The molecule has 0 saturated heterocycles. The summed E-state index contributed by atoms with van der Waals surface area (Å²) in [5.74, 6) is -0.888. The summed E-state index contributed by atoms with van der Waals surface area (Å²) in [5, 5.41) is 12.7. The largest absolute Gasteiger partial charge is 0.479 e. The van der Waals surface area contributed by atoms with Gasteiger partial charge in [0.15, 0.2) is 6.04 Å². The van der Waals surface area contributed by atoms with Crippen molar-refractivity contribution in [1.29, 1.82) is 0 Å². The maximum absolute atomic E-state index is 11.7. The van der Waals surface area contributed by atoms with Gasteiger partial charge in [-0.1, -0.05) is 29.8 Å². The molecule has 2 N–H and O–H groups in total. The van der Waals surface area contributed by atoms with Crippen LogP contribution in [0.4, 0.5) is 5.69 Å². The summed E-state index contributed by atoms with van der Waals surface area (Å²) in [5.41, 5.74) is 4.70. The molecule has 0 aliphatic rings. The van der Waals surface area contributed by atoms with E-state index in [9.17, 15) is 9.90 Å². The molecular weight excluding hydrogens is 330 g/mol. The number of aliphatic carboxylic acids is 1. The minimum Gasteiger partial charge on any atom is -0.479 e. The molecule has 0 aliphatic carbocycles. The van der Waals surface area contributed by atoms with Crippen molar-refractivity contribution >= 4 is 27.6 Å². The number of carboxylic acids is 1. The Kier molecular flexibility index (Phi) is 4.68. The van der Waals surface area contributed by atoms with E-state index in [2.05, 4.69) is 21.2 Å². The van der Waals surface area contributed by atoms with Crippen molar-refractivity contribution in [3.8, 4) is 0 Å². The molecular formula is C17H18BrNO2. The highest BCUT2D eigenvalue weighted by atomic mass is 79.9. The lowest BCUT2D eigenvalue weighted by atomic mass is 9.94. The Morgan fingerprint density at radius 2 is 1.71 bits per heavy atom. The Morgan fingerprint density at radius 1 is 1.14 bits per heavy atom. The molecule has 4 heteroatoms. The fraction of sp³-hybridized carbons (Fsp3) is 0.235. The topological polar surface area (TPSA) is 49.3 Å². The SMILES string of the molecule is Cc1cc(C)c(C(Nc2ccccc2Br)C(=O)O)c(C)c1. The number of anilines is 1. The molecule has 2 rings (SSSR count). The molecule has 0 radical (unpaired) electrons. The number of hydrogen-bond acceptors (Lipinski definition) is 2. The Balaban J connectivity index is 2.46. The first-order valence-electron chi connectivity index (χ1n) is 6.71. The third-order valence-corrected chi connectivity index (χ3v) is 4.14. The average molecular weight is 348 g/mol. The smallest absolute Gasteiger partial charge is 0.330 e. The van der Waals surface area contributed by atoms with E-state index < -0.39 is 12.0 Å². The summed E-state index contributed by atoms with van der Waals surface area (Å²) in [7, 11) is 0. The van der Waals surface area contributed by atoms with Gasteiger partial charge in [-0.05, 0) is 65.5 Å². The zero-order valence-corrected chi connectivity index (χ0v) is 13.9. The predicted octanol–water partition coefficient (Wildman–Crippen LogP) is 4.61. The van der Waals surface area contributed by atoms with Crippen molar-refractivity contribution in [1.82, 2.24) is 0 Å². The van der Waals surface area contributed by atoms with Gasteiger partial charge in [0, 0.05) is 10.2 Å². The molecule has 2 aromatic rings. The Morgan fingerprint density at radius 3 is 2.24 bits per heavy atom. The second-order valence-corrected chi connectivity index (χ2v) is 6.06. The highest BCUT2D eigenvalue weighted by Crippen LogP contribution is 2.30. The van der Waals surface area contributed by atoms with Crippen LogP contribution in [0.15, 0.2) is 40.9 Å². The number of aryl methyl sites for hydroxylation is 3. The van der Waals surface area contributed by atoms with E-state index in [1.807, 2.05) is 57.2 Å². The molecule has 110 valence electrons. The number of carbonyl (C=O) groups is 1. The summed E-state index contributed by atoms with van der Waals surface area (Å²) in [6.07, 6.45) is 0. The van der Waals surface area contributed by atoms with E-state index in [0.29, 0.717) is 0 Å². The van der Waals surface area contributed by atoms with Crippen LogP contribution in [0.25, 0.3) is 0 Å². The van der Waals surface area contributed by atoms with Gasteiger partial charge < -0.3 is 10.4 Å². The van der Waals surface area contributed by atoms with Gasteiger partial charge in [-0.2, -0.15) is 0 Å². The van der Waals surface area contributed by atoms with Gasteiger partial charge in [-0.15, -0.1) is 0 Å². The van der Waals surface area contributed by atoms with Crippen LogP contribution in [0.2, 0.25) is 0 Å². The Hall–Kier alpha value is -1.81. The lowest BCUT2D eigenvalue weighted by molar-refractivity contribution is -0.138. The maximum Gasteiger partial charge on any atom is 0.330 e. The van der Waals surface area contributed by atoms with E-state index in [1.54, 1.807) is 0 Å². The maximum atomic E-state index is 11.7. The van der Waals surface area contributed by atoms with Gasteiger partial charge >= 0.3 is 5.97 Å². The van der Waals surface area contributed by atoms with E-state index in [1.165, 1.54) is 0 Å². The molecule has 0 bridgehead atoms. The minimum absolute atomic E-state index is 0.768. The monoisotopic (exact) mass is 347 g/mol. The number of halogens is 1. The third kappa shape index (κ3) is 3.45. The number of hydrogen-bond donors (Lipinski definition) is 2. The molecule has 0 aliphatic heterocycles. The highest BCUT2D eigenvalue weighted by Gasteiger charge is 2.24. The van der Waals surface area contributed by atoms with Crippen molar-refractivity contribution in [2.24, 2.45) is 0 Å². The first-order valence-corrected chi connectivity index (χ1v) is 7.51. The molecule has 3 nitrogen and oxygen atoms in total. The van der Waals surface area contributed by atoms with Crippen molar-refractivity contribution in [3.05, 3.63) is 63.1 Å². The first kappa shape index (κ1) is 15.6. The Labute approximate surface area is 133 Å². The third-order valence-electron chi connectivity index (χ3n) is 3.45. The molecule has 1 unspecified atom stereocenters. The molecule has 0 spiro atoms. The summed E-state index contributed by atoms with van der Waals surface area (Å²) in [6.45, 7) is 5.92. The molecule has 0 aromatic heterocycles. The van der Waals surface area contributed by atoms with Crippen molar-refractivity contribution < 1.29 is 9.90 Å². The predicted molar refractivity (Wildman–Crippen MR) is 88.8 cm³/mol. The van der Waals surface area contributed by atoms with Crippen molar-refractivity contribution in [3.63, 3.8) is 0 Å². The number of rotatable bonds is 4. The van der Waals surface area contributed by atoms with Gasteiger partial charge in [0.1, 0.15) is 0 Å². The van der Waals surface area contributed by atoms with Crippen molar-refractivity contribution in [2.75, 3.05) is 5.32 Å². The molecule has 2 aromatic carbocycles. The van der Waals surface area contributed by atoms with E-state index in [-0.39, 0.29) is 0 Å². The van der Waals surface area contributed by atoms with Crippen LogP contribution < -0.4 is 5.32 Å². The number of carboxylic acid groups (broad SMARTS) is 1. The van der Waals surface area contributed by atoms with Crippen LogP contribution in [0, 0.1) is 20.8 Å². The van der Waals surface area contributed by atoms with Crippen LogP contribution in [-0.4, -0.2) is 11.1 Å². The highest BCUT2D eigenvalue weighted by molar-refractivity contribution is 9.10. The van der Waals surface area contributed by atoms with Gasteiger partial charge in [-0.3, -0.25) is 0 Å². The van der Waals surface area contributed by atoms with Crippen LogP contribution in [0.5, 0.6) is 0 Å². The Bertz CT molecular complexity index is 659. The summed E-state index contributed by atoms with van der Waals surface area (Å²) >= 11 is 3.44. The summed E-state index contributed by atoms with van der Waals surface area (Å²) in [4.78, 5) is 11.7. The van der Waals surface area contributed by atoms with Gasteiger partial charge in [0.2, 0.25) is 0 Å². The molecule has 0 saturated carbocycles. The average Bonchev–Trinajstić information content (AvgIpc) is 2.38. The standard InChI is InChI=1S/C17H18BrNO2/c1-10-8-11(2)15(12(3)9-10)16(17(20)21)19-14-7-5-4-6-13(14)18/h4-9,16,19H,1-3H3,(H,20,21). The fourth-order valence-electron chi connectivity index (χ4n) is 2.64. The van der Waals surface area contributed by atoms with Gasteiger partial charge in [0.05, 0.1) is 0 Å². The first-order chi connectivity index (χ1) is 9.90. The van der Waals surface area contributed by atoms with E-state index in [4.69, 9.17) is 0 Å². The number of nitrogens with one attached hydrogen (secondary N) is 1. The molecule has 21 heavy (non-hydrogen) atoms. The van der Waals surface area contributed by atoms with Gasteiger partial charge in [0.25, 0.3) is 0 Å². The van der Waals surface area contributed by atoms with E-state index in [0.717, 1.165) is 32.4 Å². The normalized spacial score (nSPS) is 12.0. The molecule has 0 heterocycles. The molecule has 0 fully saturated rings. The quantitative estimate of drug-likeness (QED) is 0.848. The molecule has 1 atom stereocenters. The second-order valence-electron chi connectivity index (χ2n) is 5.21. The lowest BCUT2D eigenvalue weighted by Crippen LogP contribution is -2.22. The van der Waals surface area contributed by atoms with Crippen LogP contribution in [0.1, 0.15) is 28.3 Å². The number of benzene rings is 2. The van der Waals surface area contributed by atoms with Crippen LogP contribution in [-0.2, 0) is 4.79 Å². The lowest BCUT2D eigenvalue weighted by Gasteiger charge is -2.21. The zero-order valence-electron chi connectivity index (χ0n) is 12.3. The fourth-order valence-corrected chi connectivity index (χ4v) is 3.04. The second kappa shape index (κ2) is 6.31. The molecule has 0 amide bonds. The summed E-state index contributed by atoms with van der Waals surface area (Å²) in [6, 6.07) is 10.8. The van der Waals surface area contributed by atoms with Crippen molar-refractivity contribution in [2.45, 2.75) is 26.8 Å². The number of para-hydroxylation sites is 1. The van der Waals surface area contributed by atoms with Crippen LogP contribution in [0.3, 0.4) is 0 Å². The van der Waals surface area contributed by atoms with E-state index >= 15 is 0 Å².